The van der Waals surface area contributed by atoms with Crippen LogP contribution in [0.25, 0.3) is 44.4 Å². The zero-order chi connectivity index (χ0) is 28.0. The van der Waals surface area contributed by atoms with Gasteiger partial charge in [0.2, 0.25) is 0 Å². The summed E-state index contributed by atoms with van der Waals surface area (Å²) in [7, 11) is 0. The monoisotopic (exact) mass is 727 g/mol. The van der Waals surface area contributed by atoms with Crippen LogP contribution in [0.2, 0.25) is 0 Å². The third-order valence-corrected chi connectivity index (χ3v) is 7.31. The normalized spacial score (nSPS) is 11.5. The van der Waals surface area contributed by atoms with Crippen molar-refractivity contribution in [2.75, 3.05) is 0 Å². The first-order chi connectivity index (χ1) is 19.9. The first-order valence-electron chi connectivity index (χ1n) is 13.7. The zero-order valence-electron chi connectivity index (χ0n) is 23.5. The summed E-state index contributed by atoms with van der Waals surface area (Å²) in [5.41, 5.74) is 6.18. The molecule has 0 radical (unpaired) electrons. The minimum Gasteiger partial charge on any atom is -0.509 e. The van der Waals surface area contributed by atoms with E-state index < -0.39 is 0 Å². The Morgan fingerprint density at radius 2 is 1.52 bits per heavy atom. The number of aromatic nitrogens is 4. The van der Waals surface area contributed by atoms with Gasteiger partial charge in [-0.05, 0) is 45.8 Å². The molecule has 4 aromatic carbocycles. The predicted molar refractivity (Wildman–Crippen MR) is 164 cm³/mol. The Morgan fingerprint density at radius 1 is 0.738 bits per heavy atom. The molecule has 0 aliphatic heterocycles. The van der Waals surface area contributed by atoms with Crippen molar-refractivity contribution in [3.8, 4) is 34.1 Å². The summed E-state index contributed by atoms with van der Waals surface area (Å²) in [6, 6.07) is 39.6. The van der Waals surface area contributed by atoms with Crippen LogP contribution in [0.15, 0.2) is 116 Å². The summed E-state index contributed by atoms with van der Waals surface area (Å²) < 4.78 is 10.3. The summed E-state index contributed by atoms with van der Waals surface area (Å²) in [6.45, 7) is 6.64. The molecule has 0 unspecified atom stereocenters. The maximum atomic E-state index is 6.32. The predicted octanol–water partition coefficient (Wildman–Crippen LogP) is 8.72. The van der Waals surface area contributed by atoms with Crippen LogP contribution < -0.4 is 4.74 Å². The van der Waals surface area contributed by atoms with E-state index in [1.54, 1.807) is 0 Å². The Labute approximate surface area is 259 Å². The molecule has 42 heavy (non-hydrogen) atoms. The van der Waals surface area contributed by atoms with Gasteiger partial charge in [0, 0.05) is 35.0 Å². The molecule has 0 spiro atoms. The largest absolute Gasteiger partial charge is 2.00 e. The third kappa shape index (κ3) is 5.17. The van der Waals surface area contributed by atoms with Crippen LogP contribution in [0.3, 0.4) is 0 Å². The van der Waals surface area contributed by atoms with Crippen molar-refractivity contribution in [2.24, 2.45) is 0 Å². The van der Waals surface area contributed by atoms with Crippen LogP contribution >= 0.6 is 0 Å². The van der Waals surface area contributed by atoms with Crippen LogP contribution in [0.4, 0.5) is 0 Å². The van der Waals surface area contributed by atoms with Gasteiger partial charge in [-0.2, -0.15) is 17.2 Å². The van der Waals surface area contributed by atoms with E-state index in [0.717, 1.165) is 44.4 Å². The smallest absolute Gasteiger partial charge is 0.509 e. The molecule has 0 atom stereocenters. The fourth-order valence-electron chi connectivity index (χ4n) is 5.16. The Kier molecular flexibility index (Phi) is 7.30. The van der Waals surface area contributed by atoms with Crippen LogP contribution in [0, 0.1) is 12.1 Å². The minimum absolute atomic E-state index is 0. The first kappa shape index (κ1) is 27.7. The standard InChI is InChI=1S/C36H28N4O.Pt/c1-36(2,3)27-18-19-37-35(20-27)40-33-15-8-7-14-31(33)32-17-16-30(22-34(32)40)41-29-13-9-12-28(21-29)39-24-26(23-38-39)25-10-5-4-6-11-25;/h4-20,23-24H,1-3H3;/q-2;+2. The molecule has 0 saturated carbocycles. The van der Waals surface area contributed by atoms with Crippen molar-refractivity contribution >= 4 is 21.8 Å². The molecular weight excluding hydrogens is 700 g/mol. The molecule has 0 bridgehead atoms. The zero-order valence-corrected chi connectivity index (χ0v) is 25.8. The van der Waals surface area contributed by atoms with E-state index in [-0.39, 0.29) is 26.5 Å². The Balaban J connectivity index is 0.00000316. The molecule has 208 valence electrons. The van der Waals surface area contributed by atoms with Crippen molar-refractivity contribution < 1.29 is 25.8 Å². The average molecular weight is 728 g/mol. The molecule has 5 nitrogen and oxygen atoms in total. The Hall–Kier alpha value is -4.47. The number of rotatable bonds is 5. The van der Waals surface area contributed by atoms with Crippen molar-refractivity contribution in [3.05, 3.63) is 133 Å². The van der Waals surface area contributed by atoms with Gasteiger partial charge >= 0.3 is 21.1 Å². The van der Waals surface area contributed by atoms with Crippen LogP contribution in [0.1, 0.15) is 26.3 Å². The summed E-state index contributed by atoms with van der Waals surface area (Å²) in [4.78, 5) is 4.76. The van der Waals surface area contributed by atoms with E-state index in [2.05, 4.69) is 97.2 Å². The van der Waals surface area contributed by atoms with E-state index in [1.165, 1.54) is 5.56 Å². The molecule has 0 aliphatic carbocycles. The first-order valence-corrected chi connectivity index (χ1v) is 13.7. The molecular formula is C36H28N4OPt. The summed E-state index contributed by atoms with van der Waals surface area (Å²) in [5.74, 6) is 2.05. The summed E-state index contributed by atoms with van der Waals surface area (Å²) >= 11 is 0. The molecule has 3 aromatic heterocycles. The van der Waals surface area contributed by atoms with Crippen LogP contribution in [-0.4, -0.2) is 19.3 Å². The van der Waals surface area contributed by atoms with Gasteiger partial charge in [0.1, 0.15) is 5.82 Å². The molecule has 6 heteroatoms. The van der Waals surface area contributed by atoms with Crippen molar-refractivity contribution in [1.29, 1.82) is 0 Å². The second-order valence-corrected chi connectivity index (χ2v) is 11.1. The molecule has 7 rings (SSSR count). The van der Waals surface area contributed by atoms with Gasteiger partial charge in [0.15, 0.2) is 0 Å². The summed E-state index contributed by atoms with van der Waals surface area (Å²) in [6.07, 6.45) is 5.75. The van der Waals surface area contributed by atoms with Gasteiger partial charge in [-0.25, -0.2) is 4.98 Å². The van der Waals surface area contributed by atoms with Crippen molar-refractivity contribution in [1.82, 2.24) is 19.3 Å². The fraction of sp³-hybridized carbons (Fsp3) is 0.111. The van der Waals surface area contributed by atoms with Gasteiger partial charge < -0.3 is 9.30 Å². The number of para-hydroxylation sites is 1. The second-order valence-electron chi connectivity index (χ2n) is 11.1. The van der Waals surface area contributed by atoms with E-state index in [9.17, 15) is 0 Å². The maximum Gasteiger partial charge on any atom is 2.00 e. The number of hydrogen-bond acceptors (Lipinski definition) is 3. The molecule has 0 amide bonds. The number of hydrogen-bond donors (Lipinski definition) is 0. The maximum absolute atomic E-state index is 6.32. The topological polar surface area (TPSA) is 44.9 Å². The van der Waals surface area contributed by atoms with E-state index in [4.69, 9.17) is 9.72 Å². The fourth-order valence-corrected chi connectivity index (χ4v) is 5.16. The van der Waals surface area contributed by atoms with E-state index >= 15 is 0 Å². The Bertz CT molecular complexity index is 2020. The SMILES string of the molecule is CC(C)(C)c1ccnc(-n2c3[c-]c(Oc4[c-]c(-n5cc(-c6ccccc6)cn5)ccc4)ccc3c3ccccc32)c1.[Pt+2]. The number of fused-ring (bicyclic) bond motifs is 3. The number of nitrogens with zero attached hydrogens (tertiary/aromatic N) is 4. The third-order valence-electron chi connectivity index (χ3n) is 7.31. The van der Waals surface area contributed by atoms with Gasteiger partial charge in [-0.3, -0.25) is 4.68 Å². The van der Waals surface area contributed by atoms with Crippen molar-refractivity contribution in [2.45, 2.75) is 26.2 Å². The molecule has 7 aromatic rings. The molecule has 0 aliphatic rings. The van der Waals surface area contributed by atoms with Crippen LogP contribution in [0.5, 0.6) is 11.5 Å². The van der Waals surface area contributed by atoms with Gasteiger partial charge in [0.05, 0.1) is 6.20 Å². The van der Waals surface area contributed by atoms with Crippen LogP contribution in [-0.2, 0) is 26.5 Å². The number of benzene rings is 4. The Morgan fingerprint density at radius 3 is 2.36 bits per heavy atom. The number of ether oxygens (including phenoxy) is 1. The molecule has 0 saturated heterocycles. The molecule has 0 N–H and O–H groups in total. The molecule has 3 heterocycles. The van der Waals surface area contributed by atoms with E-state index in [1.807, 2.05) is 65.7 Å². The van der Waals surface area contributed by atoms with Gasteiger partial charge in [-0.15, -0.1) is 35.7 Å². The second kappa shape index (κ2) is 11.1. The number of pyridine rings is 1. The molecule has 0 fully saturated rings. The van der Waals surface area contributed by atoms with Crippen molar-refractivity contribution in [3.63, 3.8) is 0 Å². The summed E-state index contributed by atoms with van der Waals surface area (Å²) in [5, 5.41) is 6.80. The minimum atomic E-state index is 0. The average Bonchev–Trinajstić information content (AvgIpc) is 3.61. The van der Waals surface area contributed by atoms with Gasteiger partial charge in [0.25, 0.3) is 0 Å². The van der Waals surface area contributed by atoms with Gasteiger partial charge in [-0.1, -0.05) is 74.8 Å². The quantitative estimate of drug-likeness (QED) is 0.167. The van der Waals surface area contributed by atoms with E-state index in [0.29, 0.717) is 11.5 Å².